The molecule has 3 rings (SSSR count). The van der Waals surface area contributed by atoms with Gasteiger partial charge in [0, 0.05) is 38.2 Å². The standard InChI is InChI=1S/C20H31N3O5/c1-25-17-2-4-18(5-3-17)28-11-7-21-20(24)22-14-19(16-6-10-27-15-16)23-8-12-26-13-9-23/h2-5,16,19H,6-15H2,1H3,(H2,21,22,24). The summed E-state index contributed by atoms with van der Waals surface area (Å²) in [4.78, 5) is 14.6. The van der Waals surface area contributed by atoms with Crippen LogP contribution in [0.4, 0.5) is 4.79 Å². The van der Waals surface area contributed by atoms with Crippen LogP contribution in [0.25, 0.3) is 0 Å². The van der Waals surface area contributed by atoms with Gasteiger partial charge in [0.05, 0.1) is 33.5 Å². The van der Waals surface area contributed by atoms with Gasteiger partial charge in [0.15, 0.2) is 0 Å². The van der Waals surface area contributed by atoms with Crippen molar-refractivity contribution in [3.05, 3.63) is 24.3 Å². The number of rotatable bonds is 9. The maximum Gasteiger partial charge on any atom is 0.314 e. The molecule has 0 aromatic heterocycles. The van der Waals surface area contributed by atoms with Crippen LogP contribution in [0.1, 0.15) is 6.42 Å². The zero-order valence-corrected chi connectivity index (χ0v) is 16.5. The summed E-state index contributed by atoms with van der Waals surface area (Å²) in [6.07, 6.45) is 1.04. The van der Waals surface area contributed by atoms with Crippen LogP contribution >= 0.6 is 0 Å². The maximum absolute atomic E-state index is 12.2. The molecule has 2 fully saturated rings. The number of methoxy groups -OCH3 is 1. The summed E-state index contributed by atoms with van der Waals surface area (Å²) in [5.74, 6) is 1.99. The van der Waals surface area contributed by atoms with E-state index in [1.54, 1.807) is 7.11 Å². The number of nitrogens with one attached hydrogen (secondary N) is 2. The topological polar surface area (TPSA) is 81.3 Å². The van der Waals surface area contributed by atoms with Crippen LogP contribution in [0.3, 0.4) is 0 Å². The van der Waals surface area contributed by atoms with Crippen LogP contribution in [-0.4, -0.2) is 83.3 Å². The number of ether oxygens (including phenoxy) is 4. The van der Waals surface area contributed by atoms with Gasteiger partial charge < -0.3 is 29.6 Å². The largest absolute Gasteiger partial charge is 0.497 e. The molecule has 2 unspecified atom stereocenters. The monoisotopic (exact) mass is 393 g/mol. The van der Waals surface area contributed by atoms with Gasteiger partial charge in [-0.25, -0.2) is 4.79 Å². The van der Waals surface area contributed by atoms with Gasteiger partial charge in [0.2, 0.25) is 0 Å². The summed E-state index contributed by atoms with van der Waals surface area (Å²) >= 11 is 0. The minimum atomic E-state index is -0.171. The van der Waals surface area contributed by atoms with Crippen LogP contribution in [0.15, 0.2) is 24.3 Å². The van der Waals surface area contributed by atoms with Crippen LogP contribution in [0.5, 0.6) is 11.5 Å². The third kappa shape index (κ3) is 6.25. The van der Waals surface area contributed by atoms with E-state index < -0.39 is 0 Å². The van der Waals surface area contributed by atoms with E-state index in [9.17, 15) is 4.79 Å². The summed E-state index contributed by atoms with van der Waals surface area (Å²) in [5, 5.41) is 5.86. The Morgan fingerprint density at radius 1 is 1.14 bits per heavy atom. The average Bonchev–Trinajstić information content (AvgIpc) is 3.27. The van der Waals surface area contributed by atoms with Crippen molar-refractivity contribution >= 4 is 6.03 Å². The van der Waals surface area contributed by atoms with Crippen molar-refractivity contribution in [1.82, 2.24) is 15.5 Å². The van der Waals surface area contributed by atoms with Crippen molar-refractivity contribution in [1.29, 1.82) is 0 Å². The van der Waals surface area contributed by atoms with Gasteiger partial charge in [-0.15, -0.1) is 0 Å². The van der Waals surface area contributed by atoms with Crippen molar-refractivity contribution in [2.24, 2.45) is 5.92 Å². The quantitative estimate of drug-likeness (QED) is 0.612. The Bertz CT molecular complexity index is 586. The molecule has 1 aromatic carbocycles. The number of hydrogen-bond donors (Lipinski definition) is 2. The van der Waals surface area contributed by atoms with Gasteiger partial charge in [-0.3, -0.25) is 4.90 Å². The van der Waals surface area contributed by atoms with Crippen molar-refractivity contribution in [2.75, 3.05) is 66.3 Å². The fourth-order valence-electron chi connectivity index (χ4n) is 3.62. The minimum Gasteiger partial charge on any atom is -0.497 e. The molecule has 2 heterocycles. The second kappa shape index (κ2) is 11.1. The lowest BCUT2D eigenvalue weighted by Crippen LogP contribution is -2.53. The molecule has 0 saturated carbocycles. The minimum absolute atomic E-state index is 0.171. The highest BCUT2D eigenvalue weighted by atomic mass is 16.5. The Morgan fingerprint density at radius 3 is 2.57 bits per heavy atom. The van der Waals surface area contributed by atoms with Crippen molar-refractivity contribution in [2.45, 2.75) is 12.5 Å². The molecule has 2 aliphatic rings. The second-order valence-corrected chi connectivity index (χ2v) is 7.00. The van der Waals surface area contributed by atoms with Gasteiger partial charge in [0.1, 0.15) is 18.1 Å². The van der Waals surface area contributed by atoms with Crippen molar-refractivity contribution in [3.8, 4) is 11.5 Å². The number of carbonyl (C=O) groups excluding carboxylic acids is 1. The highest BCUT2D eigenvalue weighted by Gasteiger charge is 2.31. The summed E-state index contributed by atoms with van der Waals surface area (Å²) in [6, 6.07) is 7.48. The summed E-state index contributed by atoms with van der Waals surface area (Å²) in [7, 11) is 1.63. The van der Waals surface area contributed by atoms with E-state index in [4.69, 9.17) is 18.9 Å². The predicted molar refractivity (Wildman–Crippen MR) is 105 cm³/mol. The Morgan fingerprint density at radius 2 is 1.89 bits per heavy atom. The molecule has 0 bridgehead atoms. The van der Waals surface area contributed by atoms with Crippen LogP contribution in [-0.2, 0) is 9.47 Å². The maximum atomic E-state index is 12.2. The van der Waals surface area contributed by atoms with Crippen molar-refractivity contribution < 1.29 is 23.7 Å². The summed E-state index contributed by atoms with van der Waals surface area (Å²) < 4.78 is 21.8. The van der Waals surface area contributed by atoms with E-state index in [1.165, 1.54) is 0 Å². The number of amides is 2. The van der Waals surface area contributed by atoms with E-state index in [0.29, 0.717) is 25.6 Å². The highest BCUT2D eigenvalue weighted by molar-refractivity contribution is 5.73. The van der Waals surface area contributed by atoms with Crippen LogP contribution in [0.2, 0.25) is 0 Å². The average molecular weight is 393 g/mol. The lowest BCUT2D eigenvalue weighted by Gasteiger charge is -2.37. The first-order chi connectivity index (χ1) is 13.8. The molecule has 0 aliphatic carbocycles. The SMILES string of the molecule is COc1ccc(OCCNC(=O)NCC(C2CCOC2)N2CCOCC2)cc1. The first-order valence-electron chi connectivity index (χ1n) is 9.94. The predicted octanol–water partition coefficient (Wildman–Crippen LogP) is 1.11. The van der Waals surface area contributed by atoms with E-state index in [2.05, 4.69) is 15.5 Å². The molecule has 0 spiro atoms. The Hall–Kier alpha value is -2.03. The molecular formula is C20H31N3O5. The lowest BCUT2D eigenvalue weighted by atomic mass is 9.97. The molecule has 2 atom stereocenters. The molecule has 28 heavy (non-hydrogen) atoms. The molecule has 8 nitrogen and oxygen atoms in total. The third-order valence-corrected chi connectivity index (χ3v) is 5.21. The lowest BCUT2D eigenvalue weighted by molar-refractivity contribution is 0.00212. The first kappa shape index (κ1) is 20.7. The molecule has 2 N–H and O–H groups in total. The Balaban J connectivity index is 1.36. The smallest absolute Gasteiger partial charge is 0.314 e. The first-order valence-corrected chi connectivity index (χ1v) is 9.94. The van der Waals surface area contributed by atoms with Crippen molar-refractivity contribution in [3.63, 3.8) is 0 Å². The fourth-order valence-corrected chi connectivity index (χ4v) is 3.62. The summed E-state index contributed by atoms with van der Waals surface area (Å²) in [6.45, 7) is 6.33. The molecule has 2 saturated heterocycles. The normalized spacial score (nSPS) is 21.1. The van der Waals surface area contributed by atoms with E-state index >= 15 is 0 Å². The number of nitrogens with zero attached hydrogens (tertiary/aromatic N) is 1. The highest BCUT2D eigenvalue weighted by Crippen LogP contribution is 2.22. The van der Waals surface area contributed by atoms with E-state index in [-0.39, 0.29) is 12.1 Å². The molecule has 8 heteroatoms. The zero-order chi connectivity index (χ0) is 19.6. The molecule has 1 aromatic rings. The van der Waals surface area contributed by atoms with Crippen LogP contribution in [0, 0.1) is 5.92 Å². The number of carbonyl (C=O) groups is 1. The number of benzene rings is 1. The third-order valence-electron chi connectivity index (χ3n) is 5.21. The van der Waals surface area contributed by atoms with Gasteiger partial charge in [-0.1, -0.05) is 0 Å². The van der Waals surface area contributed by atoms with Gasteiger partial charge in [0.25, 0.3) is 0 Å². The fraction of sp³-hybridized carbons (Fsp3) is 0.650. The number of urea groups is 1. The van der Waals surface area contributed by atoms with Gasteiger partial charge in [-0.05, 0) is 30.7 Å². The zero-order valence-electron chi connectivity index (χ0n) is 16.5. The molecular weight excluding hydrogens is 362 g/mol. The second-order valence-electron chi connectivity index (χ2n) is 7.00. The van der Waals surface area contributed by atoms with E-state index in [0.717, 1.165) is 57.4 Å². The molecule has 2 amide bonds. The van der Waals surface area contributed by atoms with Gasteiger partial charge >= 0.3 is 6.03 Å². The van der Waals surface area contributed by atoms with Gasteiger partial charge in [-0.2, -0.15) is 0 Å². The molecule has 0 radical (unpaired) electrons. The molecule has 2 aliphatic heterocycles. The molecule has 156 valence electrons. The number of hydrogen-bond acceptors (Lipinski definition) is 6. The number of morpholine rings is 1. The summed E-state index contributed by atoms with van der Waals surface area (Å²) in [5.41, 5.74) is 0. The Kier molecular flexibility index (Phi) is 8.20. The van der Waals surface area contributed by atoms with Crippen LogP contribution < -0.4 is 20.1 Å². The Labute approximate surface area is 166 Å². The van der Waals surface area contributed by atoms with E-state index in [1.807, 2.05) is 24.3 Å².